The Morgan fingerprint density at radius 3 is 2.41 bits per heavy atom. The lowest BCUT2D eigenvalue weighted by atomic mass is 10.2. The lowest BCUT2D eigenvalue weighted by molar-refractivity contribution is 0.0976. The second-order valence-corrected chi connectivity index (χ2v) is 7.19. The molecule has 7 heteroatoms. The summed E-state index contributed by atoms with van der Waals surface area (Å²) in [5.74, 6) is 0.971. The Hall–Kier alpha value is -3.42. The first kappa shape index (κ1) is 23.2. The molecular formula is C25H26N2O4S. The third-order valence-corrected chi connectivity index (χ3v) is 4.57. The Kier molecular flexibility index (Phi) is 9.04. The number of carbonyl (C=O) groups is 1. The van der Waals surface area contributed by atoms with Crippen LogP contribution in [0.3, 0.4) is 0 Å². The molecule has 0 saturated carbocycles. The fourth-order valence-corrected chi connectivity index (χ4v) is 3.04. The van der Waals surface area contributed by atoms with E-state index in [-0.39, 0.29) is 11.0 Å². The van der Waals surface area contributed by atoms with Crippen LogP contribution in [0.15, 0.2) is 78.9 Å². The quantitative estimate of drug-likeness (QED) is 0.341. The summed E-state index contributed by atoms with van der Waals surface area (Å²) in [6.07, 6.45) is 0. The van der Waals surface area contributed by atoms with Gasteiger partial charge in [-0.2, -0.15) is 0 Å². The van der Waals surface area contributed by atoms with Crippen molar-refractivity contribution in [1.29, 1.82) is 0 Å². The summed E-state index contributed by atoms with van der Waals surface area (Å²) in [7, 11) is 0. The normalized spacial score (nSPS) is 10.3. The number of hydrogen-bond donors (Lipinski definition) is 2. The molecule has 0 radical (unpaired) electrons. The summed E-state index contributed by atoms with van der Waals surface area (Å²) in [6, 6.07) is 24.2. The first-order valence-corrected chi connectivity index (χ1v) is 10.7. The molecule has 0 unspecified atom stereocenters. The highest BCUT2D eigenvalue weighted by molar-refractivity contribution is 7.80. The van der Waals surface area contributed by atoms with Gasteiger partial charge in [-0.05, 0) is 55.0 Å². The maximum Gasteiger partial charge on any atom is 0.257 e. The zero-order chi connectivity index (χ0) is 22.6. The average molecular weight is 451 g/mol. The molecule has 6 nitrogen and oxygen atoms in total. The summed E-state index contributed by atoms with van der Waals surface area (Å²) in [5, 5.41) is 5.89. The molecular weight excluding hydrogens is 424 g/mol. The molecule has 3 aromatic rings. The number of thiocarbonyl (C=S) groups is 1. The first-order valence-electron chi connectivity index (χ1n) is 10.3. The van der Waals surface area contributed by atoms with Crippen LogP contribution in [0.2, 0.25) is 0 Å². The van der Waals surface area contributed by atoms with E-state index in [1.165, 1.54) is 0 Å². The van der Waals surface area contributed by atoms with Crippen molar-refractivity contribution in [2.45, 2.75) is 13.5 Å². The van der Waals surface area contributed by atoms with E-state index < -0.39 is 0 Å². The predicted molar refractivity (Wildman–Crippen MR) is 129 cm³/mol. The van der Waals surface area contributed by atoms with Crippen molar-refractivity contribution in [1.82, 2.24) is 5.32 Å². The lowest BCUT2D eigenvalue weighted by Crippen LogP contribution is -2.34. The molecule has 0 aliphatic heterocycles. The second-order valence-electron chi connectivity index (χ2n) is 6.78. The number of ether oxygens (including phenoxy) is 3. The standard InChI is InChI=1S/C25H26N2O4S/c1-2-29-14-15-30-22-12-6-10-20(16-22)24(28)27-25(32)26-21-11-7-13-23(17-21)31-18-19-8-4-3-5-9-19/h3-13,16-17H,2,14-15,18H2,1H3,(H2,26,27,28,32). The Morgan fingerprint density at radius 2 is 1.62 bits per heavy atom. The van der Waals surface area contributed by atoms with E-state index in [1.807, 2.05) is 61.5 Å². The summed E-state index contributed by atoms with van der Waals surface area (Å²) in [4.78, 5) is 12.6. The van der Waals surface area contributed by atoms with Crippen LogP contribution in [0.5, 0.6) is 11.5 Å². The van der Waals surface area contributed by atoms with Gasteiger partial charge in [0.25, 0.3) is 5.91 Å². The predicted octanol–water partition coefficient (Wildman–Crippen LogP) is 4.81. The second kappa shape index (κ2) is 12.4. The van der Waals surface area contributed by atoms with E-state index >= 15 is 0 Å². The zero-order valence-electron chi connectivity index (χ0n) is 17.9. The SMILES string of the molecule is CCOCCOc1cccc(C(=O)NC(=S)Nc2cccc(OCc3ccccc3)c2)c1. The maximum atomic E-state index is 12.6. The number of benzene rings is 3. The smallest absolute Gasteiger partial charge is 0.257 e. The zero-order valence-corrected chi connectivity index (χ0v) is 18.7. The molecule has 0 aromatic heterocycles. The van der Waals surface area contributed by atoms with Crippen molar-refractivity contribution < 1.29 is 19.0 Å². The third-order valence-electron chi connectivity index (χ3n) is 4.36. The minimum absolute atomic E-state index is 0.192. The van der Waals surface area contributed by atoms with Crippen LogP contribution < -0.4 is 20.1 Å². The minimum Gasteiger partial charge on any atom is -0.491 e. The van der Waals surface area contributed by atoms with Gasteiger partial charge in [-0.15, -0.1) is 0 Å². The Labute approximate surface area is 193 Å². The van der Waals surface area contributed by atoms with Crippen molar-refractivity contribution in [3.05, 3.63) is 90.0 Å². The van der Waals surface area contributed by atoms with Gasteiger partial charge in [-0.3, -0.25) is 10.1 Å². The Balaban J connectivity index is 1.51. The molecule has 0 bridgehead atoms. The third kappa shape index (κ3) is 7.68. The topological polar surface area (TPSA) is 68.8 Å². The van der Waals surface area contributed by atoms with E-state index in [0.717, 1.165) is 5.56 Å². The largest absolute Gasteiger partial charge is 0.491 e. The van der Waals surface area contributed by atoms with Crippen molar-refractivity contribution >= 4 is 28.9 Å². The van der Waals surface area contributed by atoms with Crippen molar-refractivity contribution in [2.75, 3.05) is 25.1 Å². The fourth-order valence-electron chi connectivity index (χ4n) is 2.83. The molecule has 3 rings (SSSR count). The van der Waals surface area contributed by atoms with Crippen molar-refractivity contribution in [2.24, 2.45) is 0 Å². The van der Waals surface area contributed by atoms with Gasteiger partial charge in [-0.25, -0.2) is 0 Å². The summed E-state index contributed by atoms with van der Waals surface area (Å²) < 4.78 is 16.7. The van der Waals surface area contributed by atoms with E-state index in [9.17, 15) is 4.79 Å². The van der Waals surface area contributed by atoms with Gasteiger partial charge in [0.2, 0.25) is 0 Å². The van der Waals surface area contributed by atoms with Crippen LogP contribution in [0.25, 0.3) is 0 Å². The van der Waals surface area contributed by atoms with Gasteiger partial charge >= 0.3 is 0 Å². The van der Waals surface area contributed by atoms with E-state index in [1.54, 1.807) is 24.3 Å². The Bertz CT molecular complexity index is 1030. The van der Waals surface area contributed by atoms with Crippen LogP contribution in [-0.4, -0.2) is 30.8 Å². The van der Waals surface area contributed by atoms with Crippen LogP contribution >= 0.6 is 12.2 Å². The molecule has 32 heavy (non-hydrogen) atoms. The monoisotopic (exact) mass is 450 g/mol. The summed E-state index contributed by atoms with van der Waals surface area (Å²) >= 11 is 5.30. The molecule has 0 fully saturated rings. The lowest BCUT2D eigenvalue weighted by Gasteiger charge is -2.12. The van der Waals surface area contributed by atoms with Crippen LogP contribution in [0.1, 0.15) is 22.8 Å². The van der Waals surface area contributed by atoms with Gasteiger partial charge in [0.05, 0.1) is 6.61 Å². The number of hydrogen-bond acceptors (Lipinski definition) is 5. The summed E-state index contributed by atoms with van der Waals surface area (Å²) in [5.41, 5.74) is 2.25. The van der Waals surface area contributed by atoms with Crippen LogP contribution in [0.4, 0.5) is 5.69 Å². The van der Waals surface area contributed by atoms with Gasteiger partial charge in [0.15, 0.2) is 5.11 Å². The highest BCUT2D eigenvalue weighted by Gasteiger charge is 2.10. The van der Waals surface area contributed by atoms with E-state index in [2.05, 4.69) is 10.6 Å². The number of amides is 1. The molecule has 166 valence electrons. The highest BCUT2D eigenvalue weighted by atomic mass is 32.1. The molecule has 0 atom stereocenters. The molecule has 0 aliphatic carbocycles. The van der Waals surface area contributed by atoms with Crippen molar-refractivity contribution in [3.8, 4) is 11.5 Å². The molecule has 0 aliphatic rings. The van der Waals surface area contributed by atoms with Crippen LogP contribution in [0, 0.1) is 0 Å². The van der Waals surface area contributed by atoms with Crippen LogP contribution in [-0.2, 0) is 11.3 Å². The first-order chi connectivity index (χ1) is 15.6. The number of carbonyl (C=O) groups excluding carboxylic acids is 1. The number of nitrogens with one attached hydrogen (secondary N) is 2. The van der Waals surface area contributed by atoms with Crippen molar-refractivity contribution in [3.63, 3.8) is 0 Å². The summed E-state index contributed by atoms with van der Waals surface area (Å²) in [6.45, 7) is 3.94. The molecule has 0 heterocycles. The average Bonchev–Trinajstić information content (AvgIpc) is 2.81. The van der Waals surface area contributed by atoms with Gasteiger partial charge in [0.1, 0.15) is 24.7 Å². The van der Waals surface area contributed by atoms with Gasteiger partial charge in [0, 0.05) is 23.9 Å². The van der Waals surface area contributed by atoms with E-state index in [4.69, 9.17) is 26.4 Å². The Morgan fingerprint density at radius 1 is 0.875 bits per heavy atom. The molecule has 0 saturated heterocycles. The maximum absolute atomic E-state index is 12.6. The van der Waals surface area contributed by atoms with Gasteiger partial charge < -0.3 is 19.5 Å². The van der Waals surface area contributed by atoms with Gasteiger partial charge in [-0.1, -0.05) is 42.5 Å². The molecule has 0 spiro atoms. The fraction of sp³-hybridized carbons (Fsp3) is 0.200. The highest BCUT2D eigenvalue weighted by Crippen LogP contribution is 2.19. The molecule has 1 amide bonds. The number of anilines is 1. The molecule has 2 N–H and O–H groups in total. The number of rotatable bonds is 10. The minimum atomic E-state index is -0.325. The van der Waals surface area contributed by atoms with E-state index in [0.29, 0.717) is 49.2 Å². The molecule has 3 aromatic carbocycles.